The predicted molar refractivity (Wildman–Crippen MR) is 64.1 cm³/mol. The third-order valence-corrected chi connectivity index (χ3v) is 2.04. The van der Waals surface area contributed by atoms with Gasteiger partial charge >= 0.3 is 5.97 Å². The summed E-state index contributed by atoms with van der Waals surface area (Å²) in [6.45, 7) is 5.41. The number of benzene rings is 1. The van der Waals surface area contributed by atoms with Gasteiger partial charge in [-0.15, -0.1) is 0 Å². The van der Waals surface area contributed by atoms with Crippen LogP contribution in [0.25, 0.3) is 0 Å². The Hall–Kier alpha value is -1.55. The molecule has 4 heteroatoms. The van der Waals surface area contributed by atoms with Crippen molar-refractivity contribution in [2.75, 3.05) is 13.2 Å². The summed E-state index contributed by atoms with van der Waals surface area (Å²) in [5, 5.41) is 8.96. The van der Waals surface area contributed by atoms with E-state index in [1.54, 1.807) is 0 Å². The van der Waals surface area contributed by atoms with E-state index in [0.29, 0.717) is 18.3 Å². The number of epoxide rings is 1. The first-order chi connectivity index (χ1) is 8.13. The van der Waals surface area contributed by atoms with Crippen LogP contribution in [0.5, 0.6) is 5.75 Å². The second kappa shape index (κ2) is 6.91. The molecular weight excluding hydrogens is 220 g/mol. The topological polar surface area (TPSA) is 59.1 Å². The fourth-order valence-corrected chi connectivity index (χ4v) is 0.972. The van der Waals surface area contributed by atoms with Crippen LogP contribution in [0.15, 0.2) is 24.3 Å². The van der Waals surface area contributed by atoms with Gasteiger partial charge < -0.3 is 14.6 Å². The lowest BCUT2D eigenvalue weighted by Crippen LogP contribution is -2.05. The number of carbonyl (C=O) groups is 1. The van der Waals surface area contributed by atoms with E-state index in [2.05, 4.69) is 6.92 Å². The van der Waals surface area contributed by atoms with E-state index in [1.165, 1.54) is 24.3 Å². The summed E-state index contributed by atoms with van der Waals surface area (Å²) < 4.78 is 9.60. The van der Waals surface area contributed by atoms with E-state index < -0.39 is 0 Å². The molecule has 0 aliphatic carbocycles. The van der Waals surface area contributed by atoms with E-state index in [1.807, 2.05) is 6.92 Å². The van der Waals surface area contributed by atoms with E-state index in [-0.39, 0.29) is 11.7 Å². The van der Waals surface area contributed by atoms with Crippen molar-refractivity contribution in [3.05, 3.63) is 29.8 Å². The largest absolute Gasteiger partial charge is 0.508 e. The zero-order valence-corrected chi connectivity index (χ0v) is 10.2. The molecule has 1 unspecified atom stereocenters. The van der Waals surface area contributed by atoms with Crippen molar-refractivity contribution in [1.82, 2.24) is 0 Å². The molecule has 0 saturated carbocycles. The van der Waals surface area contributed by atoms with Crippen molar-refractivity contribution in [2.45, 2.75) is 26.4 Å². The minimum Gasteiger partial charge on any atom is -0.508 e. The molecule has 2 rings (SSSR count). The molecule has 0 amide bonds. The number of rotatable bonds is 3. The predicted octanol–water partition coefficient (Wildman–Crippen LogP) is 2.36. The molecule has 4 nitrogen and oxygen atoms in total. The highest BCUT2D eigenvalue weighted by atomic mass is 16.6. The molecule has 1 heterocycles. The van der Waals surface area contributed by atoms with Crippen molar-refractivity contribution in [1.29, 1.82) is 0 Å². The van der Waals surface area contributed by atoms with Gasteiger partial charge in [-0.3, -0.25) is 0 Å². The van der Waals surface area contributed by atoms with Crippen LogP contribution < -0.4 is 0 Å². The third-order valence-electron chi connectivity index (χ3n) is 2.04. The smallest absolute Gasteiger partial charge is 0.338 e. The van der Waals surface area contributed by atoms with Crippen LogP contribution in [0.3, 0.4) is 0 Å². The highest BCUT2D eigenvalue weighted by Gasteiger charge is 2.13. The Morgan fingerprint density at radius 3 is 2.41 bits per heavy atom. The second-order valence-corrected chi connectivity index (χ2v) is 3.83. The van der Waals surface area contributed by atoms with Crippen LogP contribution in [0.2, 0.25) is 0 Å². The first-order valence-corrected chi connectivity index (χ1v) is 5.71. The quantitative estimate of drug-likeness (QED) is 0.648. The Morgan fingerprint density at radius 1 is 1.47 bits per heavy atom. The number of aromatic hydroxyl groups is 1. The first kappa shape index (κ1) is 13.5. The number of hydrogen-bond donors (Lipinski definition) is 1. The maximum absolute atomic E-state index is 11.2. The fourth-order valence-electron chi connectivity index (χ4n) is 0.972. The second-order valence-electron chi connectivity index (χ2n) is 3.83. The summed E-state index contributed by atoms with van der Waals surface area (Å²) in [7, 11) is 0. The lowest BCUT2D eigenvalue weighted by molar-refractivity contribution is 0.0505. The SMILES string of the molecule is CC1CO1.CCCOC(=O)c1ccc(O)cc1. The molecule has 1 aromatic carbocycles. The van der Waals surface area contributed by atoms with Crippen LogP contribution in [-0.2, 0) is 9.47 Å². The molecule has 1 aliphatic rings. The number of carbonyl (C=O) groups excluding carboxylic acids is 1. The molecular formula is C13H18O4. The third kappa shape index (κ3) is 5.92. The molecule has 17 heavy (non-hydrogen) atoms. The van der Waals surface area contributed by atoms with Crippen molar-refractivity contribution < 1.29 is 19.4 Å². The van der Waals surface area contributed by atoms with Gasteiger partial charge in [-0.25, -0.2) is 4.79 Å². The number of ether oxygens (including phenoxy) is 2. The van der Waals surface area contributed by atoms with Crippen LogP contribution in [0, 0.1) is 0 Å². The normalized spacial score (nSPS) is 16.7. The molecule has 0 radical (unpaired) electrons. The Kier molecular flexibility index (Phi) is 5.49. The van der Waals surface area contributed by atoms with Gasteiger partial charge in [0.25, 0.3) is 0 Å². The van der Waals surface area contributed by atoms with Gasteiger partial charge in [0.15, 0.2) is 0 Å². The van der Waals surface area contributed by atoms with Crippen LogP contribution in [0.4, 0.5) is 0 Å². The summed E-state index contributed by atoms with van der Waals surface area (Å²) in [5.41, 5.74) is 0.464. The van der Waals surface area contributed by atoms with Crippen LogP contribution in [-0.4, -0.2) is 30.4 Å². The zero-order chi connectivity index (χ0) is 12.7. The van der Waals surface area contributed by atoms with E-state index in [9.17, 15) is 4.79 Å². The molecule has 0 bridgehead atoms. The van der Waals surface area contributed by atoms with Gasteiger partial charge in [-0.1, -0.05) is 6.92 Å². The molecule has 94 valence electrons. The number of phenolic OH excluding ortho intramolecular Hbond substituents is 1. The molecule has 0 aromatic heterocycles. The van der Waals surface area contributed by atoms with Gasteiger partial charge in [-0.2, -0.15) is 0 Å². The molecule has 0 spiro atoms. The number of phenols is 1. The fraction of sp³-hybridized carbons (Fsp3) is 0.462. The first-order valence-electron chi connectivity index (χ1n) is 5.71. The van der Waals surface area contributed by atoms with Crippen molar-refractivity contribution in [3.8, 4) is 5.75 Å². The van der Waals surface area contributed by atoms with Gasteiger partial charge in [0.2, 0.25) is 0 Å². The molecule has 1 aromatic rings. The van der Waals surface area contributed by atoms with Crippen LogP contribution in [0.1, 0.15) is 30.6 Å². The van der Waals surface area contributed by atoms with Crippen molar-refractivity contribution in [3.63, 3.8) is 0 Å². The van der Waals surface area contributed by atoms with E-state index in [0.717, 1.165) is 13.0 Å². The Balaban J connectivity index is 0.000000302. The summed E-state index contributed by atoms with van der Waals surface area (Å²) >= 11 is 0. The number of hydrogen-bond acceptors (Lipinski definition) is 4. The van der Waals surface area contributed by atoms with Gasteiger partial charge in [0.05, 0.1) is 24.9 Å². The maximum Gasteiger partial charge on any atom is 0.338 e. The zero-order valence-electron chi connectivity index (χ0n) is 10.2. The Labute approximate surface area is 101 Å². The average molecular weight is 238 g/mol. The average Bonchev–Trinajstić information content (AvgIpc) is 3.10. The van der Waals surface area contributed by atoms with E-state index >= 15 is 0 Å². The van der Waals surface area contributed by atoms with Crippen molar-refractivity contribution >= 4 is 5.97 Å². The Morgan fingerprint density at radius 2 is 2.00 bits per heavy atom. The summed E-state index contributed by atoms with van der Waals surface area (Å²) in [5.74, 6) is -0.200. The standard InChI is InChI=1S/C10H12O3.C3H6O/c1-2-7-13-10(12)8-3-5-9(11)6-4-8;1-3-2-4-3/h3-6,11H,2,7H2,1H3;3H,2H2,1H3. The van der Waals surface area contributed by atoms with Gasteiger partial charge in [-0.05, 0) is 37.6 Å². The van der Waals surface area contributed by atoms with Crippen LogP contribution >= 0.6 is 0 Å². The molecule has 1 atom stereocenters. The molecule has 1 fully saturated rings. The molecule has 1 saturated heterocycles. The van der Waals surface area contributed by atoms with E-state index in [4.69, 9.17) is 14.6 Å². The Bertz CT molecular complexity index is 341. The molecule has 1 N–H and O–H groups in total. The van der Waals surface area contributed by atoms with Gasteiger partial charge in [0.1, 0.15) is 5.75 Å². The molecule has 1 aliphatic heterocycles. The van der Waals surface area contributed by atoms with Crippen molar-refractivity contribution in [2.24, 2.45) is 0 Å². The lowest BCUT2D eigenvalue weighted by atomic mass is 10.2. The summed E-state index contributed by atoms with van der Waals surface area (Å²) in [6, 6.07) is 5.99. The monoisotopic (exact) mass is 238 g/mol. The highest BCUT2D eigenvalue weighted by molar-refractivity contribution is 5.89. The van der Waals surface area contributed by atoms with Gasteiger partial charge in [0, 0.05) is 0 Å². The summed E-state index contributed by atoms with van der Waals surface area (Å²) in [4.78, 5) is 11.2. The highest BCUT2D eigenvalue weighted by Crippen LogP contribution is 2.10. The lowest BCUT2D eigenvalue weighted by Gasteiger charge is -2.02. The number of esters is 1. The minimum atomic E-state index is -0.346. The maximum atomic E-state index is 11.2. The minimum absolute atomic E-state index is 0.145. The summed E-state index contributed by atoms with van der Waals surface area (Å²) in [6.07, 6.45) is 1.39.